The van der Waals surface area contributed by atoms with Crippen LogP contribution in [0.5, 0.6) is 23.0 Å². The number of anilines is 4. The molecule has 5 amide bonds. The van der Waals surface area contributed by atoms with Gasteiger partial charge in [0.2, 0.25) is 23.6 Å². The highest BCUT2D eigenvalue weighted by molar-refractivity contribution is 6.02. The van der Waals surface area contributed by atoms with E-state index in [9.17, 15) is 24.0 Å². The predicted octanol–water partition coefficient (Wildman–Crippen LogP) is 6.16. The Morgan fingerprint density at radius 3 is 1.05 bits per heavy atom. The van der Waals surface area contributed by atoms with Crippen molar-refractivity contribution in [1.82, 2.24) is 0 Å². The molecule has 0 saturated carbocycles. The van der Waals surface area contributed by atoms with E-state index < -0.39 is 29.7 Å². The summed E-state index contributed by atoms with van der Waals surface area (Å²) in [5.41, 5.74) is 38.4. The van der Waals surface area contributed by atoms with Crippen LogP contribution < -0.4 is 74.6 Å². The van der Waals surface area contributed by atoms with Crippen molar-refractivity contribution in [2.75, 3.05) is 75.9 Å². The summed E-state index contributed by atoms with van der Waals surface area (Å²) in [5, 5.41) is 12.0. The van der Waals surface area contributed by atoms with Crippen LogP contribution >= 0.6 is 0 Å². The van der Waals surface area contributed by atoms with Gasteiger partial charge < -0.3 is 74.6 Å². The Morgan fingerprint density at radius 1 is 0.411 bits per heavy atom. The summed E-state index contributed by atoms with van der Waals surface area (Å²) < 4.78 is 22.7. The number of carbonyl (C=O) groups excluding carboxylic acids is 5. The zero-order chi connectivity index (χ0) is 53.3. The monoisotopic (exact) mass is 1010 g/mol. The largest absolute Gasteiger partial charge is 0.496 e. The minimum atomic E-state index is -0.781. The topological polar surface area (TPSA) is 327 Å². The summed E-state index contributed by atoms with van der Waals surface area (Å²) in [7, 11) is 5.96. The number of carbonyl (C=O) groups is 5. The number of benzene rings is 4. The van der Waals surface area contributed by atoms with Crippen LogP contribution in [-0.4, -0.2) is 90.2 Å². The molecule has 0 aliphatic rings. The summed E-state index contributed by atoms with van der Waals surface area (Å²) in [5.74, 6) is -2.81. The molecule has 0 heterocycles. The van der Waals surface area contributed by atoms with Crippen LogP contribution in [0.1, 0.15) is 128 Å². The molecule has 0 aliphatic carbocycles. The second-order valence-corrected chi connectivity index (χ2v) is 17.9. The number of primary amides is 1. The molecular formula is C54H78N10O9. The van der Waals surface area contributed by atoms with Gasteiger partial charge in [0.25, 0.3) is 5.91 Å². The number of methoxy groups -OCH3 is 4. The quantitative estimate of drug-likeness (QED) is 0.0239. The fourth-order valence-corrected chi connectivity index (χ4v) is 8.73. The molecule has 0 aromatic heterocycles. The van der Waals surface area contributed by atoms with Gasteiger partial charge in [-0.3, -0.25) is 24.0 Å². The van der Waals surface area contributed by atoms with Crippen molar-refractivity contribution in [1.29, 1.82) is 0 Å². The van der Waals surface area contributed by atoms with Gasteiger partial charge in [-0.15, -0.1) is 0 Å². The zero-order valence-corrected chi connectivity index (χ0v) is 42.9. The third-order valence-electron chi connectivity index (χ3n) is 12.7. The number of ether oxygens (including phenoxy) is 4. The van der Waals surface area contributed by atoms with Gasteiger partial charge in [-0.25, -0.2) is 0 Å². The van der Waals surface area contributed by atoms with Crippen molar-refractivity contribution < 1.29 is 42.9 Å². The molecular weight excluding hydrogens is 933 g/mol. The van der Waals surface area contributed by atoms with E-state index >= 15 is 0 Å². The van der Waals surface area contributed by atoms with Gasteiger partial charge in [-0.2, -0.15) is 0 Å². The number of hydrogen-bond donors (Lipinski definition) is 10. The minimum Gasteiger partial charge on any atom is -0.496 e. The second kappa shape index (κ2) is 31.0. The van der Waals surface area contributed by atoms with E-state index in [1.807, 2.05) is 0 Å². The van der Waals surface area contributed by atoms with Crippen LogP contribution in [0.15, 0.2) is 72.8 Å². The summed E-state index contributed by atoms with van der Waals surface area (Å²) in [6.07, 6.45) is 7.94. The summed E-state index contributed by atoms with van der Waals surface area (Å²) >= 11 is 0. The molecule has 16 N–H and O–H groups in total. The summed E-state index contributed by atoms with van der Waals surface area (Å²) in [4.78, 5) is 68.8. The van der Waals surface area contributed by atoms with Crippen LogP contribution in [0.4, 0.5) is 22.7 Å². The van der Waals surface area contributed by atoms with Gasteiger partial charge >= 0.3 is 0 Å². The third kappa shape index (κ3) is 17.5. The lowest BCUT2D eigenvalue weighted by atomic mass is 9.89. The van der Waals surface area contributed by atoms with Crippen LogP contribution in [0.3, 0.4) is 0 Å². The highest BCUT2D eigenvalue weighted by Crippen LogP contribution is 2.39. The molecule has 73 heavy (non-hydrogen) atoms. The van der Waals surface area contributed by atoms with E-state index in [1.165, 1.54) is 34.5 Å². The Hall–Kier alpha value is -6.77. The smallest absolute Gasteiger partial charge is 0.252 e. The fourth-order valence-electron chi connectivity index (χ4n) is 8.73. The first-order valence-electron chi connectivity index (χ1n) is 25.1. The lowest BCUT2D eigenvalue weighted by Crippen LogP contribution is -2.35. The van der Waals surface area contributed by atoms with Crippen LogP contribution in [0.25, 0.3) is 0 Å². The predicted molar refractivity (Wildman–Crippen MR) is 287 cm³/mol. The Kier molecular flexibility index (Phi) is 24.9. The summed E-state index contributed by atoms with van der Waals surface area (Å²) in [6.45, 7) is 1.87. The molecule has 4 aromatic carbocycles. The van der Waals surface area contributed by atoms with Gasteiger partial charge in [0.15, 0.2) is 0 Å². The molecule has 0 bridgehead atoms. The average molecular weight is 1010 g/mol. The standard InChI is InChI=1S/C54H78N10O9/c1-70-46-22-18-34(30-41(46)38(14-6-5-10-26-55)51(66)63-37-21-25-49(73-4)44(33-37)50(60)65)61-52(67)39(15-7-11-27-56)42-31-35(19-23-47(42)71-2)62-53(68)40(16-8-12-28-57)43-32-36(20-24-48(43)72-3)64-54(69)45(59)17-9-13-29-58/h18-25,30-33,38-40,45H,5-17,26-29,55-59H2,1-4H3,(H2,60,65)(H,61,67)(H,62,68)(H,63,66)(H,64,69)/t38-,39-,40-,45+/m1/s1. The molecule has 19 heteroatoms. The molecule has 0 aliphatic heterocycles. The number of nitrogens with one attached hydrogen (secondary N) is 4. The Balaban J connectivity index is 1.69. The number of amides is 5. The highest BCUT2D eigenvalue weighted by Gasteiger charge is 2.30. The van der Waals surface area contributed by atoms with E-state index in [0.717, 1.165) is 19.3 Å². The number of hydrogen-bond acceptors (Lipinski definition) is 14. The lowest BCUT2D eigenvalue weighted by molar-refractivity contribution is -0.118. The maximum atomic E-state index is 14.7. The first kappa shape index (κ1) is 58.8. The van der Waals surface area contributed by atoms with Gasteiger partial charge in [0.05, 0.1) is 57.8 Å². The first-order chi connectivity index (χ1) is 35.3. The van der Waals surface area contributed by atoms with E-state index in [4.69, 9.17) is 53.3 Å². The molecule has 4 rings (SSSR count). The minimum absolute atomic E-state index is 0.108. The molecule has 0 radical (unpaired) electrons. The first-order valence-corrected chi connectivity index (χ1v) is 25.1. The van der Waals surface area contributed by atoms with Crippen molar-refractivity contribution >= 4 is 52.3 Å². The van der Waals surface area contributed by atoms with Gasteiger partial charge in [-0.1, -0.05) is 32.1 Å². The van der Waals surface area contributed by atoms with Gasteiger partial charge in [-0.05, 0) is 150 Å². The normalized spacial score (nSPS) is 12.7. The third-order valence-corrected chi connectivity index (χ3v) is 12.7. The van der Waals surface area contributed by atoms with Crippen LogP contribution in [-0.2, 0) is 19.2 Å². The summed E-state index contributed by atoms with van der Waals surface area (Å²) in [6, 6.07) is 19.3. The van der Waals surface area contributed by atoms with Crippen molar-refractivity contribution in [2.45, 2.75) is 107 Å². The maximum absolute atomic E-state index is 14.7. The van der Waals surface area contributed by atoms with Crippen molar-refractivity contribution in [3.63, 3.8) is 0 Å². The van der Waals surface area contributed by atoms with Crippen molar-refractivity contribution in [3.8, 4) is 23.0 Å². The van der Waals surface area contributed by atoms with E-state index in [0.29, 0.717) is 147 Å². The lowest BCUT2D eigenvalue weighted by Gasteiger charge is -2.24. The van der Waals surface area contributed by atoms with Crippen molar-refractivity contribution in [3.05, 3.63) is 95.1 Å². The second-order valence-electron chi connectivity index (χ2n) is 17.9. The Labute approximate surface area is 429 Å². The SMILES string of the molecule is COc1ccc(NC(=O)[C@H](CCCCCN)c2cc(NC(=O)[C@H](CCCCN)c3cc(NC(=O)[C@H](CCCCN)c4cc(NC(=O)[C@@H](N)CCCCN)ccc4OC)ccc3OC)ccc2OC)cc1C(N)=O. The Morgan fingerprint density at radius 2 is 0.712 bits per heavy atom. The van der Waals surface area contributed by atoms with Gasteiger partial charge in [0, 0.05) is 39.4 Å². The number of rotatable bonds is 33. The molecule has 0 spiro atoms. The van der Waals surface area contributed by atoms with E-state index in [2.05, 4.69) is 21.3 Å². The fraction of sp³-hybridized carbons (Fsp3) is 0.463. The Bertz CT molecular complexity index is 2440. The molecule has 0 saturated heterocycles. The van der Waals surface area contributed by atoms with Crippen molar-refractivity contribution in [2.24, 2.45) is 34.4 Å². The molecule has 4 atom stereocenters. The number of unbranched alkanes of at least 4 members (excludes halogenated alkanes) is 5. The van der Waals surface area contributed by atoms with Crippen LogP contribution in [0, 0.1) is 0 Å². The molecule has 4 aromatic rings. The highest BCUT2D eigenvalue weighted by atomic mass is 16.5. The van der Waals surface area contributed by atoms with E-state index in [1.54, 1.807) is 66.7 Å². The number of nitrogens with two attached hydrogens (primary N) is 6. The average Bonchev–Trinajstić information content (AvgIpc) is 3.38. The van der Waals surface area contributed by atoms with Crippen LogP contribution in [0.2, 0.25) is 0 Å². The molecule has 0 fully saturated rings. The van der Waals surface area contributed by atoms with E-state index in [-0.39, 0.29) is 34.9 Å². The van der Waals surface area contributed by atoms with Gasteiger partial charge in [0.1, 0.15) is 23.0 Å². The molecule has 398 valence electrons. The zero-order valence-electron chi connectivity index (χ0n) is 42.9. The molecule has 0 unspecified atom stereocenters. The maximum Gasteiger partial charge on any atom is 0.252 e. The molecule has 19 nitrogen and oxygen atoms in total.